The summed E-state index contributed by atoms with van der Waals surface area (Å²) in [6.07, 6.45) is 1.36. The van der Waals surface area contributed by atoms with E-state index in [0.29, 0.717) is 10.0 Å². The average Bonchev–Trinajstić information content (AvgIpc) is 2.79. The molecule has 1 N–H and O–H groups in total. The van der Waals surface area contributed by atoms with Crippen molar-refractivity contribution < 1.29 is 4.74 Å². The summed E-state index contributed by atoms with van der Waals surface area (Å²) in [4.78, 5) is 0. The van der Waals surface area contributed by atoms with E-state index >= 15 is 0 Å². The normalized spacial score (nSPS) is 31.6. The molecule has 0 spiro atoms. The number of piperidine rings is 1. The first kappa shape index (κ1) is 14.6. The molecule has 1 saturated carbocycles. The van der Waals surface area contributed by atoms with Gasteiger partial charge in [0.2, 0.25) is 0 Å². The van der Waals surface area contributed by atoms with Gasteiger partial charge >= 0.3 is 0 Å². The Hall–Kier alpha value is -0.280. The van der Waals surface area contributed by atoms with Crippen LogP contribution < -0.4 is 5.32 Å². The summed E-state index contributed by atoms with van der Waals surface area (Å²) in [5.41, 5.74) is 1.57. The summed E-state index contributed by atoms with van der Waals surface area (Å²) in [5.74, 6) is 1.44. The Balaban J connectivity index is 1.82. The minimum absolute atomic E-state index is 0.244. The number of benzene rings is 1. The van der Waals surface area contributed by atoms with E-state index in [-0.39, 0.29) is 11.5 Å². The number of rotatable bonds is 5. The molecule has 0 amide bonds. The van der Waals surface area contributed by atoms with Gasteiger partial charge in [-0.25, -0.2) is 0 Å². The molecule has 0 aromatic heterocycles. The molecule has 1 aliphatic carbocycles. The Kier molecular flexibility index (Phi) is 4.02. The summed E-state index contributed by atoms with van der Waals surface area (Å²) in [5, 5.41) is 4.76. The van der Waals surface area contributed by atoms with Gasteiger partial charge in [0.15, 0.2) is 0 Å². The van der Waals surface area contributed by atoms with E-state index in [1.807, 2.05) is 6.07 Å². The van der Waals surface area contributed by atoms with Crippen molar-refractivity contribution >= 4 is 23.2 Å². The van der Waals surface area contributed by atoms with Crippen molar-refractivity contribution in [1.29, 1.82) is 0 Å². The van der Waals surface area contributed by atoms with E-state index in [0.717, 1.165) is 38.0 Å². The second kappa shape index (κ2) is 5.49. The highest BCUT2D eigenvalue weighted by Gasteiger charge is 2.66. The maximum absolute atomic E-state index is 6.21. The predicted octanol–water partition coefficient (Wildman–Crippen LogP) is 3.90. The van der Waals surface area contributed by atoms with Gasteiger partial charge in [0.1, 0.15) is 0 Å². The van der Waals surface area contributed by atoms with Gasteiger partial charge in [-0.1, -0.05) is 29.3 Å². The van der Waals surface area contributed by atoms with E-state index < -0.39 is 0 Å². The van der Waals surface area contributed by atoms with Gasteiger partial charge < -0.3 is 10.1 Å². The lowest BCUT2D eigenvalue weighted by atomic mass is 9.87. The van der Waals surface area contributed by atoms with Gasteiger partial charge in [-0.15, -0.1) is 0 Å². The smallest absolute Gasteiger partial charge is 0.0595 e. The van der Waals surface area contributed by atoms with E-state index in [4.69, 9.17) is 27.9 Å². The zero-order valence-electron chi connectivity index (χ0n) is 12.0. The van der Waals surface area contributed by atoms with Crippen LogP contribution in [0.25, 0.3) is 0 Å². The topological polar surface area (TPSA) is 21.3 Å². The van der Waals surface area contributed by atoms with Crippen LogP contribution in [0, 0.1) is 11.8 Å². The fourth-order valence-electron chi connectivity index (χ4n) is 3.84. The average molecular weight is 314 g/mol. The summed E-state index contributed by atoms with van der Waals surface area (Å²) in [6.45, 7) is 7.19. The van der Waals surface area contributed by atoms with Crippen molar-refractivity contribution in [2.45, 2.75) is 31.8 Å². The summed E-state index contributed by atoms with van der Waals surface area (Å²) in [7, 11) is 0. The number of ether oxygens (including phenoxy) is 1. The number of hydrogen-bond acceptors (Lipinski definition) is 2. The molecule has 0 radical (unpaired) electrons. The first-order valence-electron chi connectivity index (χ1n) is 7.33. The SMILES string of the molecule is CC(C)OCC[C@@]1(c2ccc(Cl)c(Cl)c2)[C@@H]2CNC[C@@H]21. The quantitative estimate of drug-likeness (QED) is 0.890. The monoisotopic (exact) mass is 313 g/mol. The second-order valence-electron chi connectivity index (χ2n) is 6.21. The van der Waals surface area contributed by atoms with Crippen LogP contribution in [0.15, 0.2) is 18.2 Å². The maximum Gasteiger partial charge on any atom is 0.0595 e. The molecular weight excluding hydrogens is 293 g/mol. The summed E-state index contributed by atoms with van der Waals surface area (Å²) in [6, 6.07) is 6.12. The molecule has 110 valence electrons. The van der Waals surface area contributed by atoms with E-state index in [9.17, 15) is 0 Å². The molecule has 2 aliphatic rings. The molecule has 3 rings (SSSR count). The van der Waals surface area contributed by atoms with Crippen LogP contribution in [0.5, 0.6) is 0 Å². The minimum Gasteiger partial charge on any atom is -0.379 e. The first-order valence-corrected chi connectivity index (χ1v) is 8.09. The van der Waals surface area contributed by atoms with Gasteiger partial charge in [-0.3, -0.25) is 0 Å². The molecule has 1 saturated heterocycles. The molecule has 3 atom stereocenters. The molecule has 2 fully saturated rings. The van der Waals surface area contributed by atoms with Crippen LogP contribution in [0.4, 0.5) is 0 Å². The Morgan fingerprint density at radius 2 is 1.95 bits per heavy atom. The third-order valence-corrected chi connectivity index (χ3v) is 5.59. The third kappa shape index (κ3) is 2.37. The summed E-state index contributed by atoms with van der Waals surface area (Å²) >= 11 is 12.3. The van der Waals surface area contributed by atoms with Crippen LogP contribution in [0.2, 0.25) is 10.0 Å². The predicted molar refractivity (Wildman–Crippen MR) is 83.7 cm³/mol. The van der Waals surface area contributed by atoms with E-state index in [2.05, 4.69) is 31.3 Å². The molecule has 4 heteroatoms. The fourth-order valence-corrected chi connectivity index (χ4v) is 4.14. The van der Waals surface area contributed by atoms with Gasteiger partial charge in [0, 0.05) is 12.0 Å². The van der Waals surface area contributed by atoms with Crippen molar-refractivity contribution in [3.8, 4) is 0 Å². The Morgan fingerprint density at radius 3 is 2.55 bits per heavy atom. The fraction of sp³-hybridized carbons (Fsp3) is 0.625. The van der Waals surface area contributed by atoms with Crippen LogP contribution in [-0.4, -0.2) is 25.8 Å². The maximum atomic E-state index is 6.21. The van der Waals surface area contributed by atoms with Gasteiger partial charge in [-0.05, 0) is 62.9 Å². The van der Waals surface area contributed by atoms with Crippen LogP contribution >= 0.6 is 23.2 Å². The molecular formula is C16H21Cl2NO. The number of hydrogen-bond donors (Lipinski definition) is 1. The van der Waals surface area contributed by atoms with Gasteiger partial charge in [0.25, 0.3) is 0 Å². The number of nitrogens with one attached hydrogen (secondary N) is 1. The molecule has 1 heterocycles. The molecule has 1 aromatic rings. The molecule has 1 aliphatic heterocycles. The van der Waals surface area contributed by atoms with Crippen LogP contribution in [-0.2, 0) is 10.2 Å². The van der Waals surface area contributed by atoms with Crippen molar-refractivity contribution in [2.24, 2.45) is 11.8 Å². The second-order valence-corrected chi connectivity index (χ2v) is 7.02. The Morgan fingerprint density at radius 1 is 1.25 bits per heavy atom. The lowest BCUT2D eigenvalue weighted by Gasteiger charge is -2.23. The largest absolute Gasteiger partial charge is 0.379 e. The Bertz CT molecular complexity index is 493. The zero-order chi connectivity index (χ0) is 14.3. The lowest BCUT2D eigenvalue weighted by Crippen LogP contribution is -2.27. The van der Waals surface area contributed by atoms with Crippen molar-refractivity contribution in [2.75, 3.05) is 19.7 Å². The summed E-state index contributed by atoms with van der Waals surface area (Å²) < 4.78 is 5.78. The molecule has 0 bridgehead atoms. The van der Waals surface area contributed by atoms with Gasteiger partial charge in [-0.2, -0.15) is 0 Å². The minimum atomic E-state index is 0.244. The molecule has 1 aromatic carbocycles. The molecule has 20 heavy (non-hydrogen) atoms. The van der Waals surface area contributed by atoms with Crippen molar-refractivity contribution in [3.05, 3.63) is 33.8 Å². The molecule has 0 unspecified atom stereocenters. The highest BCUT2D eigenvalue weighted by Crippen LogP contribution is 2.64. The highest BCUT2D eigenvalue weighted by atomic mass is 35.5. The Labute approximate surface area is 130 Å². The molecule has 2 nitrogen and oxygen atoms in total. The van der Waals surface area contributed by atoms with Crippen LogP contribution in [0.1, 0.15) is 25.8 Å². The number of halogens is 2. The third-order valence-electron chi connectivity index (χ3n) is 4.85. The lowest BCUT2D eigenvalue weighted by molar-refractivity contribution is 0.0694. The number of fused-ring (bicyclic) bond motifs is 1. The standard InChI is InChI=1S/C16H21Cl2NO/c1-10(2)20-6-5-16(12-8-19-9-13(12)16)11-3-4-14(17)15(18)7-11/h3-4,7,10,12-13,19H,5-6,8-9H2,1-2H3/t12-,13+,16-. The van der Waals surface area contributed by atoms with Gasteiger partial charge in [0.05, 0.1) is 16.1 Å². The zero-order valence-corrected chi connectivity index (χ0v) is 13.5. The van der Waals surface area contributed by atoms with E-state index in [1.165, 1.54) is 5.56 Å². The van der Waals surface area contributed by atoms with E-state index in [1.54, 1.807) is 0 Å². The highest BCUT2D eigenvalue weighted by molar-refractivity contribution is 6.42. The van der Waals surface area contributed by atoms with Crippen molar-refractivity contribution in [3.63, 3.8) is 0 Å². The van der Waals surface area contributed by atoms with Crippen molar-refractivity contribution in [1.82, 2.24) is 5.32 Å². The first-order chi connectivity index (χ1) is 9.55. The van der Waals surface area contributed by atoms with Crippen LogP contribution in [0.3, 0.4) is 0 Å².